The van der Waals surface area contributed by atoms with Crippen LogP contribution in [-0.4, -0.2) is 53.2 Å². The van der Waals surface area contributed by atoms with Crippen LogP contribution < -0.4 is 14.9 Å². The molecule has 1 fully saturated rings. The second-order valence-electron chi connectivity index (χ2n) is 7.81. The van der Waals surface area contributed by atoms with Gasteiger partial charge in [0.15, 0.2) is 16.9 Å². The second kappa shape index (κ2) is 8.03. The Kier molecular flexibility index (Phi) is 5.07. The van der Waals surface area contributed by atoms with Crippen LogP contribution in [0.4, 0.5) is 4.39 Å². The van der Waals surface area contributed by atoms with Gasteiger partial charge in [-0.3, -0.25) is 14.5 Å². The minimum absolute atomic E-state index is 0.0167. The largest absolute Gasteiger partial charge is 0.454 e. The van der Waals surface area contributed by atoms with E-state index in [-0.39, 0.29) is 30.1 Å². The second-order valence-corrected chi connectivity index (χ2v) is 7.81. The van der Waals surface area contributed by atoms with Crippen molar-refractivity contribution in [1.82, 2.24) is 14.4 Å². The van der Waals surface area contributed by atoms with Crippen molar-refractivity contribution in [1.29, 1.82) is 0 Å². The van der Waals surface area contributed by atoms with Gasteiger partial charge in [-0.1, -0.05) is 6.07 Å². The number of ether oxygens (including phenoxy) is 2. The first-order valence-electron chi connectivity index (χ1n) is 10.2. The number of amides is 1. The molecule has 1 amide bonds. The Hall–Kier alpha value is -3.39. The number of carbonyl (C=O) groups is 1. The number of rotatable bonds is 4. The van der Waals surface area contributed by atoms with Crippen molar-refractivity contribution in [2.75, 3.05) is 33.0 Å². The van der Waals surface area contributed by atoms with Gasteiger partial charge in [0, 0.05) is 50.4 Å². The van der Waals surface area contributed by atoms with E-state index >= 15 is 0 Å². The van der Waals surface area contributed by atoms with E-state index in [0.717, 1.165) is 36.7 Å². The average molecular weight is 423 g/mol. The molecular formula is C23H22FN3O4. The van der Waals surface area contributed by atoms with Gasteiger partial charge in [-0.2, -0.15) is 0 Å². The first-order valence-corrected chi connectivity index (χ1v) is 10.2. The number of pyridine rings is 1. The molecule has 2 aromatic carbocycles. The third-order valence-corrected chi connectivity index (χ3v) is 5.81. The summed E-state index contributed by atoms with van der Waals surface area (Å²) in [5.74, 6) is 1.07. The zero-order valence-corrected chi connectivity index (χ0v) is 16.9. The molecular weight excluding hydrogens is 401 g/mol. The van der Waals surface area contributed by atoms with E-state index < -0.39 is 5.82 Å². The Morgan fingerprint density at radius 1 is 0.968 bits per heavy atom. The van der Waals surface area contributed by atoms with Crippen molar-refractivity contribution in [3.05, 3.63) is 70.3 Å². The predicted molar refractivity (Wildman–Crippen MR) is 113 cm³/mol. The number of aromatic nitrogens is 1. The lowest BCUT2D eigenvalue weighted by Gasteiger charge is -2.35. The zero-order chi connectivity index (χ0) is 21.4. The van der Waals surface area contributed by atoms with Crippen molar-refractivity contribution in [2.45, 2.75) is 13.1 Å². The Labute approximate surface area is 178 Å². The summed E-state index contributed by atoms with van der Waals surface area (Å²) >= 11 is 0. The van der Waals surface area contributed by atoms with Crippen LogP contribution in [0.25, 0.3) is 10.9 Å². The molecule has 2 aliphatic rings. The highest BCUT2D eigenvalue weighted by Crippen LogP contribution is 2.32. The maximum atomic E-state index is 13.5. The van der Waals surface area contributed by atoms with Gasteiger partial charge in [0.2, 0.25) is 12.7 Å². The molecule has 0 N–H and O–H groups in total. The molecule has 0 bridgehead atoms. The first-order chi connectivity index (χ1) is 15.1. The molecule has 1 saturated heterocycles. The van der Waals surface area contributed by atoms with Crippen molar-refractivity contribution in [2.24, 2.45) is 0 Å². The summed E-state index contributed by atoms with van der Waals surface area (Å²) in [5.41, 5.74) is 1.45. The molecule has 0 unspecified atom stereocenters. The molecule has 2 aliphatic heterocycles. The molecule has 1 aromatic heterocycles. The number of piperazine rings is 1. The zero-order valence-electron chi connectivity index (χ0n) is 16.9. The molecule has 8 heteroatoms. The van der Waals surface area contributed by atoms with Gasteiger partial charge in [-0.05, 0) is 35.9 Å². The summed E-state index contributed by atoms with van der Waals surface area (Å²) in [6.45, 7) is 3.98. The van der Waals surface area contributed by atoms with Gasteiger partial charge >= 0.3 is 0 Å². The predicted octanol–water partition coefficient (Wildman–Crippen LogP) is 2.21. The molecule has 160 valence electrons. The molecule has 0 aliphatic carbocycles. The summed E-state index contributed by atoms with van der Waals surface area (Å²) in [4.78, 5) is 29.0. The molecule has 0 radical (unpaired) electrons. The molecule has 0 saturated carbocycles. The average Bonchev–Trinajstić information content (AvgIpc) is 3.24. The molecule has 31 heavy (non-hydrogen) atoms. The topological polar surface area (TPSA) is 64.0 Å². The fourth-order valence-electron chi connectivity index (χ4n) is 4.12. The Bertz CT molecular complexity index is 1200. The van der Waals surface area contributed by atoms with Gasteiger partial charge in [-0.25, -0.2) is 4.39 Å². The first kappa shape index (κ1) is 19.6. The number of nitrogens with zero attached hydrogens (tertiary/aromatic N) is 3. The standard InChI is InChI=1S/C23H22FN3O4/c24-17-2-3-19-18(12-17)20(28)5-6-27(19)14-23(29)26-9-7-25(8-10-26)13-16-1-4-21-22(11-16)31-15-30-21/h1-6,11-12H,7-10,13-15H2. The molecule has 5 rings (SSSR count). The minimum Gasteiger partial charge on any atom is -0.454 e. The van der Waals surface area contributed by atoms with Crippen LogP contribution in [0.1, 0.15) is 5.56 Å². The van der Waals surface area contributed by atoms with Crippen molar-refractivity contribution < 1.29 is 18.7 Å². The van der Waals surface area contributed by atoms with Crippen molar-refractivity contribution in [3.63, 3.8) is 0 Å². The Morgan fingerprint density at radius 2 is 1.77 bits per heavy atom. The highest BCUT2D eigenvalue weighted by Gasteiger charge is 2.22. The fourth-order valence-corrected chi connectivity index (χ4v) is 4.12. The lowest BCUT2D eigenvalue weighted by Crippen LogP contribution is -2.49. The van der Waals surface area contributed by atoms with Crippen LogP contribution in [0.2, 0.25) is 0 Å². The Balaban J connectivity index is 1.21. The number of carbonyl (C=O) groups excluding carboxylic acids is 1. The third kappa shape index (κ3) is 3.98. The van der Waals surface area contributed by atoms with E-state index in [1.807, 2.05) is 23.1 Å². The normalized spacial score (nSPS) is 16.1. The summed E-state index contributed by atoms with van der Waals surface area (Å²) in [7, 11) is 0. The van der Waals surface area contributed by atoms with Gasteiger partial charge in [0.25, 0.3) is 0 Å². The smallest absolute Gasteiger partial charge is 0.242 e. The number of benzene rings is 2. The van der Waals surface area contributed by atoms with Crippen LogP contribution in [-0.2, 0) is 17.9 Å². The summed E-state index contributed by atoms with van der Waals surface area (Å²) in [6, 6.07) is 11.4. The highest BCUT2D eigenvalue weighted by atomic mass is 19.1. The maximum absolute atomic E-state index is 13.5. The lowest BCUT2D eigenvalue weighted by molar-refractivity contribution is -0.133. The fraction of sp³-hybridized carbons (Fsp3) is 0.304. The summed E-state index contributed by atoms with van der Waals surface area (Å²) < 4.78 is 26.0. The van der Waals surface area contributed by atoms with E-state index in [9.17, 15) is 14.0 Å². The minimum atomic E-state index is -0.466. The van der Waals surface area contributed by atoms with Gasteiger partial charge < -0.3 is 18.9 Å². The highest BCUT2D eigenvalue weighted by molar-refractivity contribution is 5.82. The SMILES string of the molecule is O=C(Cn1ccc(=O)c2cc(F)ccc21)N1CCN(Cc2ccc3c(c2)OCO3)CC1. The van der Waals surface area contributed by atoms with Crippen LogP contribution >= 0.6 is 0 Å². The molecule has 3 aromatic rings. The van der Waals surface area contributed by atoms with Crippen molar-refractivity contribution >= 4 is 16.8 Å². The van der Waals surface area contributed by atoms with E-state index in [0.29, 0.717) is 18.6 Å². The number of fused-ring (bicyclic) bond motifs is 2. The van der Waals surface area contributed by atoms with Gasteiger partial charge in [0.1, 0.15) is 12.4 Å². The molecule has 0 atom stereocenters. The Morgan fingerprint density at radius 3 is 2.61 bits per heavy atom. The van der Waals surface area contributed by atoms with Gasteiger partial charge in [-0.15, -0.1) is 0 Å². The number of hydrogen-bond acceptors (Lipinski definition) is 5. The molecule has 0 spiro atoms. The van der Waals surface area contributed by atoms with E-state index in [4.69, 9.17) is 9.47 Å². The van der Waals surface area contributed by atoms with Crippen LogP contribution in [0.15, 0.2) is 53.5 Å². The van der Waals surface area contributed by atoms with Crippen LogP contribution in [0.5, 0.6) is 11.5 Å². The third-order valence-electron chi connectivity index (χ3n) is 5.81. The maximum Gasteiger partial charge on any atom is 0.242 e. The number of halogens is 1. The van der Waals surface area contributed by atoms with Crippen LogP contribution in [0.3, 0.4) is 0 Å². The van der Waals surface area contributed by atoms with Gasteiger partial charge in [0.05, 0.1) is 5.52 Å². The summed E-state index contributed by atoms with van der Waals surface area (Å²) in [6.07, 6.45) is 1.59. The van der Waals surface area contributed by atoms with Crippen molar-refractivity contribution in [3.8, 4) is 11.5 Å². The molecule has 3 heterocycles. The lowest BCUT2D eigenvalue weighted by atomic mass is 10.1. The quantitative estimate of drug-likeness (QED) is 0.644. The van der Waals surface area contributed by atoms with E-state index in [2.05, 4.69) is 4.90 Å². The van der Waals surface area contributed by atoms with E-state index in [1.165, 1.54) is 18.2 Å². The monoisotopic (exact) mass is 423 g/mol. The number of hydrogen-bond donors (Lipinski definition) is 0. The summed E-state index contributed by atoms with van der Waals surface area (Å²) in [5, 5.41) is 0.281. The van der Waals surface area contributed by atoms with Crippen LogP contribution in [0, 0.1) is 5.82 Å². The van der Waals surface area contributed by atoms with E-state index in [1.54, 1.807) is 16.8 Å². The molecule has 7 nitrogen and oxygen atoms in total.